The highest BCUT2D eigenvalue weighted by atomic mass is 16.2. The molecule has 6 heteroatoms. The summed E-state index contributed by atoms with van der Waals surface area (Å²) < 4.78 is 1.62. The average Bonchev–Trinajstić information content (AvgIpc) is 2.86. The third-order valence-corrected chi connectivity index (χ3v) is 3.74. The first-order valence-electron chi connectivity index (χ1n) is 6.84. The molecule has 0 bridgehead atoms. The van der Waals surface area contributed by atoms with Crippen molar-refractivity contribution in [1.82, 2.24) is 14.4 Å². The molecule has 0 unspecified atom stereocenters. The Morgan fingerprint density at radius 1 is 1.05 bits per heavy atom. The summed E-state index contributed by atoms with van der Waals surface area (Å²) in [6, 6.07) is 12.6. The summed E-state index contributed by atoms with van der Waals surface area (Å²) in [6.07, 6.45) is 0.498. The first-order valence-corrected chi connectivity index (χ1v) is 6.84. The van der Waals surface area contributed by atoms with Gasteiger partial charge in [-0.1, -0.05) is 18.2 Å². The number of nitrogens with one attached hydrogen (secondary N) is 1. The summed E-state index contributed by atoms with van der Waals surface area (Å²) in [6.45, 7) is 0. The Morgan fingerprint density at radius 2 is 1.82 bits per heavy atom. The van der Waals surface area contributed by atoms with Crippen LogP contribution in [0.25, 0.3) is 16.7 Å². The van der Waals surface area contributed by atoms with Crippen LogP contribution in [0.1, 0.15) is 11.3 Å². The molecule has 0 aliphatic rings. The van der Waals surface area contributed by atoms with Gasteiger partial charge in [0.25, 0.3) is 11.1 Å². The van der Waals surface area contributed by atoms with Crippen LogP contribution in [0.5, 0.6) is 0 Å². The first kappa shape index (κ1) is 12.6. The minimum atomic E-state index is -0.415. The molecule has 1 aromatic carbocycles. The minimum Gasteiger partial charge on any atom is -0.399 e. The van der Waals surface area contributed by atoms with Gasteiger partial charge in [-0.3, -0.25) is 19.0 Å². The van der Waals surface area contributed by atoms with Crippen molar-refractivity contribution >= 4 is 22.4 Å². The molecule has 0 aliphatic carbocycles. The van der Waals surface area contributed by atoms with Gasteiger partial charge >= 0.3 is 0 Å². The van der Waals surface area contributed by atoms with Gasteiger partial charge in [0.05, 0.1) is 5.69 Å². The van der Waals surface area contributed by atoms with E-state index in [1.807, 2.05) is 24.3 Å². The first-order chi connectivity index (χ1) is 10.6. The third kappa shape index (κ3) is 1.77. The van der Waals surface area contributed by atoms with E-state index < -0.39 is 11.1 Å². The van der Waals surface area contributed by atoms with Crippen molar-refractivity contribution in [1.29, 1.82) is 0 Å². The fourth-order valence-electron chi connectivity index (χ4n) is 2.73. The zero-order chi connectivity index (χ0) is 15.3. The third-order valence-electron chi connectivity index (χ3n) is 3.74. The van der Waals surface area contributed by atoms with E-state index in [9.17, 15) is 9.59 Å². The molecule has 0 saturated heterocycles. The van der Waals surface area contributed by atoms with Crippen LogP contribution in [0, 0.1) is 0 Å². The predicted octanol–water partition coefficient (Wildman–Crippen LogP) is 1.15. The number of hydrogen-bond acceptors (Lipinski definition) is 4. The predicted molar refractivity (Wildman–Crippen MR) is 84.4 cm³/mol. The monoisotopic (exact) mass is 292 g/mol. The summed E-state index contributed by atoms with van der Waals surface area (Å²) >= 11 is 0. The lowest BCUT2D eigenvalue weighted by Gasteiger charge is -2.01. The van der Waals surface area contributed by atoms with Crippen molar-refractivity contribution in [2.75, 3.05) is 5.73 Å². The van der Waals surface area contributed by atoms with Gasteiger partial charge in [-0.15, -0.1) is 0 Å². The van der Waals surface area contributed by atoms with Crippen molar-refractivity contribution < 1.29 is 0 Å². The Hall–Kier alpha value is -3.15. The Kier molecular flexibility index (Phi) is 2.53. The molecule has 4 rings (SSSR count). The summed E-state index contributed by atoms with van der Waals surface area (Å²) in [5.74, 6) is 0. The van der Waals surface area contributed by atoms with Gasteiger partial charge in [-0.2, -0.15) is 0 Å². The van der Waals surface area contributed by atoms with Crippen molar-refractivity contribution in [3.8, 4) is 0 Å². The maximum absolute atomic E-state index is 12.2. The Labute approximate surface area is 124 Å². The molecular weight excluding hydrogens is 280 g/mol. The molecule has 0 saturated carbocycles. The van der Waals surface area contributed by atoms with Gasteiger partial charge in [-0.25, -0.2) is 4.98 Å². The number of nitrogen functional groups attached to an aromatic ring is 1. The molecular formula is C16H12N4O2. The average molecular weight is 292 g/mol. The highest BCUT2D eigenvalue weighted by Crippen LogP contribution is 2.17. The molecule has 0 spiro atoms. The zero-order valence-corrected chi connectivity index (χ0v) is 11.5. The Balaban J connectivity index is 1.99. The van der Waals surface area contributed by atoms with Crippen LogP contribution in [-0.4, -0.2) is 14.4 Å². The van der Waals surface area contributed by atoms with E-state index in [4.69, 9.17) is 5.73 Å². The molecule has 0 fully saturated rings. The number of pyridine rings is 1. The van der Waals surface area contributed by atoms with Gasteiger partial charge in [0.1, 0.15) is 16.7 Å². The summed E-state index contributed by atoms with van der Waals surface area (Å²) in [4.78, 5) is 31.0. The summed E-state index contributed by atoms with van der Waals surface area (Å²) in [5.41, 5.74) is 8.63. The number of benzene rings is 1. The van der Waals surface area contributed by atoms with Crippen molar-refractivity contribution in [3.63, 3.8) is 0 Å². The number of hydrogen-bond donors (Lipinski definition) is 2. The highest BCUT2D eigenvalue weighted by molar-refractivity contribution is 5.69. The standard InChI is InChI=1S/C16H12N4O2/c17-10-6-4-9(5-7-10)8-11-14-16(22)19-15(21)12-2-1-3-13(18-11)20(12)14/h1-7H,8,17H2,(H,19,21,22). The number of anilines is 1. The van der Waals surface area contributed by atoms with Gasteiger partial charge in [0.15, 0.2) is 0 Å². The quantitative estimate of drug-likeness (QED) is 0.542. The van der Waals surface area contributed by atoms with E-state index in [1.165, 1.54) is 0 Å². The molecule has 6 nitrogen and oxygen atoms in total. The summed E-state index contributed by atoms with van der Waals surface area (Å²) in [5, 5.41) is 0. The Bertz CT molecular complexity index is 1090. The lowest BCUT2D eigenvalue weighted by Crippen LogP contribution is -2.23. The highest BCUT2D eigenvalue weighted by Gasteiger charge is 2.15. The SMILES string of the molecule is Nc1ccc(Cc2nc3cccc4c(=O)[nH]c(=O)c2n34)cc1. The lowest BCUT2D eigenvalue weighted by molar-refractivity contribution is 1.10. The maximum atomic E-state index is 12.2. The fraction of sp³-hybridized carbons (Fsp3) is 0.0625. The number of aromatic nitrogens is 3. The number of nitrogens with zero attached hydrogens (tertiary/aromatic N) is 2. The molecule has 3 aromatic heterocycles. The van der Waals surface area contributed by atoms with E-state index in [-0.39, 0.29) is 0 Å². The largest absolute Gasteiger partial charge is 0.399 e. The number of H-pyrrole nitrogens is 1. The van der Waals surface area contributed by atoms with E-state index >= 15 is 0 Å². The van der Waals surface area contributed by atoms with Gasteiger partial charge in [-0.05, 0) is 29.8 Å². The number of aromatic amines is 1. The van der Waals surface area contributed by atoms with E-state index in [0.29, 0.717) is 34.5 Å². The van der Waals surface area contributed by atoms with E-state index in [0.717, 1.165) is 5.56 Å². The van der Waals surface area contributed by atoms with Crippen LogP contribution >= 0.6 is 0 Å². The van der Waals surface area contributed by atoms with Crippen LogP contribution in [0.4, 0.5) is 5.69 Å². The van der Waals surface area contributed by atoms with E-state index in [1.54, 1.807) is 22.6 Å². The van der Waals surface area contributed by atoms with Crippen LogP contribution in [0.2, 0.25) is 0 Å². The molecule has 3 heterocycles. The van der Waals surface area contributed by atoms with Crippen molar-refractivity contribution in [2.45, 2.75) is 6.42 Å². The van der Waals surface area contributed by atoms with Gasteiger partial charge < -0.3 is 5.73 Å². The number of imidazole rings is 1. The summed E-state index contributed by atoms with van der Waals surface area (Å²) in [7, 11) is 0. The van der Waals surface area contributed by atoms with Crippen molar-refractivity contribution in [3.05, 3.63) is 74.4 Å². The molecule has 108 valence electrons. The number of nitrogens with two attached hydrogens (primary N) is 1. The molecule has 4 aromatic rings. The van der Waals surface area contributed by atoms with Crippen LogP contribution in [0.3, 0.4) is 0 Å². The normalized spacial score (nSPS) is 11.5. The minimum absolute atomic E-state index is 0.403. The van der Waals surface area contributed by atoms with E-state index in [2.05, 4.69) is 9.97 Å². The topological polar surface area (TPSA) is 93.2 Å². The van der Waals surface area contributed by atoms with Crippen molar-refractivity contribution in [2.24, 2.45) is 0 Å². The number of rotatable bonds is 2. The van der Waals surface area contributed by atoms with Gasteiger partial charge in [0.2, 0.25) is 0 Å². The smallest absolute Gasteiger partial charge is 0.277 e. The maximum Gasteiger partial charge on any atom is 0.277 e. The molecule has 0 atom stereocenters. The second-order valence-corrected chi connectivity index (χ2v) is 5.21. The molecule has 0 aliphatic heterocycles. The molecule has 3 N–H and O–H groups in total. The van der Waals surface area contributed by atoms with Crippen LogP contribution < -0.4 is 16.9 Å². The Morgan fingerprint density at radius 3 is 2.59 bits per heavy atom. The zero-order valence-electron chi connectivity index (χ0n) is 11.5. The van der Waals surface area contributed by atoms with Crippen LogP contribution in [-0.2, 0) is 6.42 Å². The molecule has 0 amide bonds. The molecule has 0 radical (unpaired) electrons. The fourth-order valence-corrected chi connectivity index (χ4v) is 2.73. The molecule has 22 heavy (non-hydrogen) atoms. The second-order valence-electron chi connectivity index (χ2n) is 5.21. The van der Waals surface area contributed by atoms with Gasteiger partial charge in [0, 0.05) is 12.1 Å². The lowest BCUT2D eigenvalue weighted by atomic mass is 10.1. The van der Waals surface area contributed by atoms with Crippen LogP contribution in [0.15, 0.2) is 52.1 Å². The second kappa shape index (κ2) is 4.42.